The Balaban J connectivity index is 0.00000228. The third-order valence-corrected chi connectivity index (χ3v) is 7.47. The van der Waals surface area contributed by atoms with Crippen LogP contribution in [0.2, 0.25) is 10.0 Å². The second kappa shape index (κ2) is 12.6. The molecule has 4 aromatic rings. The van der Waals surface area contributed by atoms with E-state index in [0.29, 0.717) is 41.6 Å². The first kappa shape index (κ1) is 28.0. The standard InChI is InChI=1S/C23H16Cl2N4O3S2.K.H/c1-12(15-11-33-21(20(15)30)13-4-5-16(24)17(25)9-13)28-29-23(32)19-7-6-18(34-19)22(31)27-14-3-2-8-26-10-14;;/h2-11,30H,1H3,(H,27,31)(H,29,32);;/q;+1;-1/b28-12-;;. The van der Waals surface area contributed by atoms with E-state index in [1.54, 1.807) is 61.0 Å². The van der Waals surface area contributed by atoms with Crippen LogP contribution in [0.3, 0.4) is 0 Å². The third-order valence-electron chi connectivity index (χ3n) is 4.63. The quantitative estimate of drug-likeness (QED) is 0.188. The van der Waals surface area contributed by atoms with E-state index in [0.717, 1.165) is 16.9 Å². The summed E-state index contributed by atoms with van der Waals surface area (Å²) in [6, 6.07) is 11.6. The first-order valence-corrected chi connectivity index (χ1v) is 12.2. The van der Waals surface area contributed by atoms with Gasteiger partial charge in [0.1, 0.15) is 5.75 Å². The van der Waals surface area contributed by atoms with Crippen LogP contribution in [0, 0.1) is 0 Å². The second-order valence-electron chi connectivity index (χ2n) is 6.95. The first-order chi connectivity index (χ1) is 16.3. The van der Waals surface area contributed by atoms with Crippen LogP contribution in [-0.4, -0.2) is 27.6 Å². The van der Waals surface area contributed by atoms with E-state index >= 15 is 0 Å². The molecule has 174 valence electrons. The third kappa shape index (κ3) is 6.79. The van der Waals surface area contributed by atoms with Gasteiger partial charge in [0.05, 0.1) is 47.8 Å². The zero-order chi connectivity index (χ0) is 24.2. The smallest absolute Gasteiger partial charge is 1.00 e. The maximum atomic E-state index is 12.5. The average molecular weight is 572 g/mol. The van der Waals surface area contributed by atoms with Crippen LogP contribution in [0.25, 0.3) is 10.4 Å². The topological polar surface area (TPSA) is 104 Å². The summed E-state index contributed by atoms with van der Waals surface area (Å²) in [7, 11) is 0. The van der Waals surface area contributed by atoms with Crippen LogP contribution in [0.15, 0.2) is 65.3 Å². The Kier molecular flexibility index (Phi) is 10.0. The van der Waals surface area contributed by atoms with Gasteiger partial charge in [-0.2, -0.15) is 5.10 Å². The van der Waals surface area contributed by atoms with Crippen molar-refractivity contribution in [2.75, 3.05) is 5.32 Å². The first-order valence-electron chi connectivity index (χ1n) is 9.75. The molecule has 1 aromatic carbocycles. The minimum atomic E-state index is -0.468. The van der Waals surface area contributed by atoms with Crippen LogP contribution in [0.1, 0.15) is 33.3 Å². The molecule has 0 fully saturated rings. The van der Waals surface area contributed by atoms with Gasteiger partial charge >= 0.3 is 51.4 Å². The molecule has 0 atom stereocenters. The number of pyridine rings is 1. The molecule has 0 bridgehead atoms. The van der Waals surface area contributed by atoms with E-state index in [-0.39, 0.29) is 64.5 Å². The molecule has 4 rings (SSSR count). The maximum absolute atomic E-state index is 12.5. The van der Waals surface area contributed by atoms with Gasteiger partial charge < -0.3 is 11.8 Å². The number of thiophene rings is 2. The number of anilines is 1. The molecule has 0 aliphatic heterocycles. The van der Waals surface area contributed by atoms with Crippen molar-refractivity contribution < 1.29 is 67.5 Å². The zero-order valence-electron chi connectivity index (χ0n) is 19.5. The van der Waals surface area contributed by atoms with Crippen molar-refractivity contribution >= 4 is 69.1 Å². The largest absolute Gasteiger partial charge is 1.00 e. The fourth-order valence-corrected chi connectivity index (χ4v) is 5.00. The van der Waals surface area contributed by atoms with Crippen molar-refractivity contribution in [3.8, 4) is 16.2 Å². The zero-order valence-corrected chi connectivity index (χ0v) is 24.8. The van der Waals surface area contributed by atoms with E-state index in [1.165, 1.54) is 17.5 Å². The molecule has 0 spiro atoms. The summed E-state index contributed by atoms with van der Waals surface area (Å²) in [5, 5.41) is 20.0. The van der Waals surface area contributed by atoms with Crippen LogP contribution < -0.4 is 62.1 Å². The van der Waals surface area contributed by atoms with E-state index in [9.17, 15) is 14.7 Å². The Hall–Kier alpha value is -1.60. The van der Waals surface area contributed by atoms with Gasteiger partial charge in [0.25, 0.3) is 11.8 Å². The maximum Gasteiger partial charge on any atom is 1.00 e. The minimum Gasteiger partial charge on any atom is -1.00 e. The Labute approximate surface area is 263 Å². The van der Waals surface area contributed by atoms with Gasteiger partial charge in [-0.1, -0.05) is 29.3 Å². The number of carbonyl (C=O) groups excluding carboxylic acids is 2. The predicted octanol–water partition coefficient (Wildman–Crippen LogP) is 3.41. The molecule has 0 radical (unpaired) electrons. The molecular weight excluding hydrogens is 554 g/mol. The van der Waals surface area contributed by atoms with Gasteiger partial charge in [0.2, 0.25) is 0 Å². The van der Waals surface area contributed by atoms with Crippen molar-refractivity contribution in [1.82, 2.24) is 10.4 Å². The predicted molar refractivity (Wildman–Crippen MR) is 139 cm³/mol. The summed E-state index contributed by atoms with van der Waals surface area (Å²) in [6.07, 6.45) is 3.14. The van der Waals surface area contributed by atoms with Crippen LogP contribution in [0.4, 0.5) is 5.69 Å². The molecule has 12 heteroatoms. The molecule has 3 N–H and O–H groups in total. The number of hydrogen-bond donors (Lipinski definition) is 3. The molecule has 0 aliphatic carbocycles. The number of aromatic hydroxyl groups is 1. The monoisotopic (exact) mass is 570 g/mol. The van der Waals surface area contributed by atoms with Gasteiger partial charge in [0.15, 0.2) is 0 Å². The Bertz CT molecular complexity index is 1410. The molecule has 3 aromatic heterocycles. The number of amides is 2. The molecule has 0 saturated heterocycles. The van der Waals surface area contributed by atoms with Crippen molar-refractivity contribution in [3.05, 3.63) is 85.6 Å². The van der Waals surface area contributed by atoms with E-state index in [2.05, 4.69) is 20.8 Å². The van der Waals surface area contributed by atoms with E-state index in [4.69, 9.17) is 23.2 Å². The summed E-state index contributed by atoms with van der Waals surface area (Å²) in [5.41, 5.74) is 4.64. The minimum absolute atomic E-state index is 0. The van der Waals surface area contributed by atoms with Crippen LogP contribution >= 0.6 is 45.9 Å². The number of aromatic nitrogens is 1. The molecule has 0 unspecified atom stereocenters. The van der Waals surface area contributed by atoms with Crippen molar-refractivity contribution in [2.45, 2.75) is 6.92 Å². The SMILES string of the molecule is C/C(=N/NC(=O)c1ccc(C(=O)Nc2cccnc2)s1)c1csc(-c2ccc(Cl)c(Cl)c2)c1O.[H-].[K+]. The molecule has 35 heavy (non-hydrogen) atoms. The average Bonchev–Trinajstić information content (AvgIpc) is 3.47. The van der Waals surface area contributed by atoms with Crippen molar-refractivity contribution in [3.63, 3.8) is 0 Å². The Morgan fingerprint density at radius 3 is 2.51 bits per heavy atom. The van der Waals surface area contributed by atoms with Gasteiger partial charge in [0, 0.05) is 11.6 Å². The van der Waals surface area contributed by atoms with Gasteiger partial charge in [-0.15, -0.1) is 22.7 Å². The molecular formula is C23H17Cl2KN4O3S2. The summed E-state index contributed by atoms with van der Waals surface area (Å²) in [5.74, 6) is -0.775. The molecule has 2 amide bonds. The molecule has 7 nitrogen and oxygen atoms in total. The Morgan fingerprint density at radius 2 is 1.83 bits per heavy atom. The van der Waals surface area contributed by atoms with Crippen LogP contribution in [0.5, 0.6) is 5.75 Å². The number of nitrogens with one attached hydrogen (secondary N) is 2. The number of benzene rings is 1. The summed E-state index contributed by atoms with van der Waals surface area (Å²) < 4.78 is 0. The number of nitrogens with zero attached hydrogens (tertiary/aromatic N) is 2. The van der Waals surface area contributed by atoms with Crippen molar-refractivity contribution in [2.24, 2.45) is 5.10 Å². The molecule has 3 heterocycles. The summed E-state index contributed by atoms with van der Waals surface area (Å²) >= 11 is 14.4. The molecule has 0 saturated carbocycles. The van der Waals surface area contributed by atoms with Gasteiger partial charge in [-0.3, -0.25) is 14.6 Å². The number of halogens is 2. The van der Waals surface area contributed by atoms with Gasteiger partial charge in [-0.25, -0.2) is 5.43 Å². The number of hydrazone groups is 1. The number of carbonyl (C=O) groups is 2. The molecule has 0 aliphatic rings. The van der Waals surface area contributed by atoms with Crippen molar-refractivity contribution in [1.29, 1.82) is 0 Å². The van der Waals surface area contributed by atoms with Crippen LogP contribution in [-0.2, 0) is 0 Å². The van der Waals surface area contributed by atoms with E-state index < -0.39 is 5.91 Å². The normalized spacial score (nSPS) is 11.0. The fourth-order valence-electron chi connectivity index (χ4n) is 2.91. The summed E-state index contributed by atoms with van der Waals surface area (Å²) in [6.45, 7) is 1.67. The Morgan fingerprint density at radius 1 is 1.09 bits per heavy atom. The second-order valence-corrected chi connectivity index (χ2v) is 9.73. The van der Waals surface area contributed by atoms with Gasteiger partial charge in [-0.05, 0) is 48.9 Å². The number of hydrogen-bond acceptors (Lipinski definition) is 7. The number of rotatable bonds is 6. The summed E-state index contributed by atoms with van der Waals surface area (Å²) in [4.78, 5) is 30.1. The van der Waals surface area contributed by atoms with E-state index in [1.807, 2.05) is 0 Å². The fraction of sp³-hybridized carbons (Fsp3) is 0.0435.